The molecule has 0 radical (unpaired) electrons. The summed E-state index contributed by atoms with van der Waals surface area (Å²) in [5.41, 5.74) is 1.53. The first-order valence-electron chi connectivity index (χ1n) is 4.28. The van der Waals surface area contributed by atoms with Gasteiger partial charge in [-0.05, 0) is 30.7 Å². The monoisotopic (exact) mass is 241 g/mol. The van der Waals surface area contributed by atoms with Gasteiger partial charge >= 0.3 is 0 Å². The van der Waals surface area contributed by atoms with E-state index in [0.29, 0.717) is 10.9 Å². The fourth-order valence-corrected chi connectivity index (χ4v) is 2.51. The molecule has 2 rings (SSSR count). The Hall–Kier alpha value is -1.13. The van der Waals surface area contributed by atoms with E-state index in [1.807, 2.05) is 6.92 Å². The van der Waals surface area contributed by atoms with Crippen LogP contribution in [0.3, 0.4) is 0 Å². The number of rotatable bonds is 1. The predicted molar refractivity (Wildman–Crippen MR) is 59.5 cm³/mol. The quantitative estimate of drug-likeness (QED) is 0.721. The summed E-state index contributed by atoms with van der Waals surface area (Å²) >= 11 is 0. The second kappa shape index (κ2) is 3.47. The van der Waals surface area contributed by atoms with Crippen LogP contribution in [0.2, 0.25) is 0 Å². The number of hydrogen-bond donors (Lipinski definition) is 0. The Morgan fingerprint density at radius 3 is 2.73 bits per heavy atom. The summed E-state index contributed by atoms with van der Waals surface area (Å²) in [4.78, 5) is 4.24. The number of aromatic nitrogens is 1. The first-order chi connectivity index (χ1) is 6.98. The molecular weight excluding hydrogens is 234 g/mol. The van der Waals surface area contributed by atoms with Crippen LogP contribution in [0.4, 0.5) is 0 Å². The highest BCUT2D eigenvalue weighted by molar-refractivity contribution is 8.14. The number of halogens is 1. The minimum absolute atomic E-state index is 0.109. The molecule has 1 heterocycles. The Morgan fingerprint density at radius 1 is 1.33 bits per heavy atom. The summed E-state index contributed by atoms with van der Waals surface area (Å²) in [5.74, 6) is 0. The Kier molecular flexibility index (Phi) is 2.40. The lowest BCUT2D eigenvalue weighted by Gasteiger charge is -2.03. The average Bonchev–Trinajstić information content (AvgIpc) is 2.15. The van der Waals surface area contributed by atoms with E-state index in [1.165, 1.54) is 6.07 Å². The number of pyridine rings is 1. The highest BCUT2D eigenvalue weighted by Crippen LogP contribution is 2.24. The molecule has 0 saturated heterocycles. The van der Waals surface area contributed by atoms with Gasteiger partial charge in [-0.2, -0.15) is 0 Å². The average molecular weight is 242 g/mol. The second-order valence-corrected chi connectivity index (χ2v) is 5.81. The molecule has 0 bridgehead atoms. The van der Waals surface area contributed by atoms with E-state index in [2.05, 4.69) is 4.98 Å². The lowest BCUT2D eigenvalue weighted by molar-refractivity contribution is 0.610. The van der Waals surface area contributed by atoms with Crippen molar-refractivity contribution in [3.8, 4) is 0 Å². The van der Waals surface area contributed by atoms with Crippen LogP contribution in [0.1, 0.15) is 5.56 Å². The normalized spacial score (nSPS) is 11.9. The molecule has 0 spiro atoms. The van der Waals surface area contributed by atoms with Crippen molar-refractivity contribution in [2.75, 3.05) is 0 Å². The van der Waals surface area contributed by atoms with E-state index in [9.17, 15) is 8.42 Å². The van der Waals surface area contributed by atoms with Crippen molar-refractivity contribution in [3.63, 3.8) is 0 Å². The first-order valence-corrected chi connectivity index (χ1v) is 6.59. The van der Waals surface area contributed by atoms with Gasteiger partial charge in [0.25, 0.3) is 9.05 Å². The van der Waals surface area contributed by atoms with Crippen LogP contribution in [-0.4, -0.2) is 13.4 Å². The molecule has 0 aliphatic carbocycles. The van der Waals surface area contributed by atoms with Gasteiger partial charge in [-0.15, -0.1) is 0 Å². The minimum Gasteiger partial charge on any atom is -0.256 e. The molecule has 15 heavy (non-hydrogen) atoms. The zero-order valence-corrected chi connectivity index (χ0v) is 9.51. The zero-order chi connectivity index (χ0) is 11.1. The van der Waals surface area contributed by atoms with E-state index < -0.39 is 9.05 Å². The van der Waals surface area contributed by atoms with Crippen LogP contribution >= 0.6 is 10.7 Å². The molecule has 0 fully saturated rings. The van der Waals surface area contributed by atoms with Crippen LogP contribution < -0.4 is 0 Å². The van der Waals surface area contributed by atoms with Gasteiger partial charge in [0.05, 0.1) is 10.4 Å². The fourth-order valence-electron chi connectivity index (χ4n) is 1.44. The molecule has 0 N–H and O–H groups in total. The number of fused-ring (bicyclic) bond motifs is 1. The third kappa shape index (κ3) is 1.96. The van der Waals surface area contributed by atoms with Crippen LogP contribution in [0.25, 0.3) is 10.9 Å². The number of hydrogen-bond acceptors (Lipinski definition) is 3. The number of aryl methyl sites for hydroxylation is 1. The Labute approximate surface area is 92.1 Å². The van der Waals surface area contributed by atoms with Crippen LogP contribution in [-0.2, 0) is 9.05 Å². The smallest absolute Gasteiger partial charge is 0.256 e. The Balaban J connectivity index is 2.92. The minimum atomic E-state index is -3.71. The molecule has 0 aliphatic rings. The summed E-state index contributed by atoms with van der Waals surface area (Å²) in [6.07, 6.45) is 1.69. The number of nitrogens with zero attached hydrogens (tertiary/aromatic N) is 1. The van der Waals surface area contributed by atoms with Gasteiger partial charge in [-0.1, -0.05) is 6.07 Å². The predicted octanol–water partition coefficient (Wildman–Crippen LogP) is 2.47. The summed E-state index contributed by atoms with van der Waals surface area (Å²) in [7, 11) is 1.62. The highest BCUT2D eigenvalue weighted by atomic mass is 35.7. The third-order valence-electron chi connectivity index (χ3n) is 2.09. The van der Waals surface area contributed by atoms with Gasteiger partial charge in [0.2, 0.25) is 0 Å². The van der Waals surface area contributed by atoms with E-state index in [1.54, 1.807) is 24.4 Å². The maximum atomic E-state index is 11.3. The SMILES string of the molecule is Cc1cnc2cccc(S(=O)(=O)Cl)c2c1. The summed E-state index contributed by atoms with van der Waals surface area (Å²) in [6.45, 7) is 1.85. The summed E-state index contributed by atoms with van der Waals surface area (Å²) in [6, 6.07) is 6.61. The molecular formula is C10H8ClNO2S. The highest BCUT2D eigenvalue weighted by Gasteiger charge is 2.14. The van der Waals surface area contributed by atoms with Crippen molar-refractivity contribution in [1.82, 2.24) is 4.98 Å². The lowest BCUT2D eigenvalue weighted by Crippen LogP contribution is -1.93. The van der Waals surface area contributed by atoms with Gasteiger partial charge in [0.15, 0.2) is 0 Å². The van der Waals surface area contributed by atoms with Crippen molar-refractivity contribution in [2.24, 2.45) is 0 Å². The fraction of sp³-hybridized carbons (Fsp3) is 0.100. The molecule has 0 amide bonds. The van der Waals surface area contributed by atoms with Gasteiger partial charge in [0.1, 0.15) is 0 Å². The second-order valence-electron chi connectivity index (χ2n) is 3.27. The van der Waals surface area contributed by atoms with Gasteiger partial charge in [0, 0.05) is 22.3 Å². The van der Waals surface area contributed by atoms with Crippen molar-refractivity contribution in [3.05, 3.63) is 36.0 Å². The standard InChI is InChI=1S/C10H8ClNO2S/c1-7-5-8-9(12-6-7)3-2-4-10(8)15(11,13)14/h2-6H,1H3. The van der Waals surface area contributed by atoms with Crippen molar-refractivity contribution < 1.29 is 8.42 Å². The zero-order valence-electron chi connectivity index (χ0n) is 7.94. The third-order valence-corrected chi connectivity index (χ3v) is 3.47. The Morgan fingerprint density at radius 2 is 2.07 bits per heavy atom. The number of benzene rings is 1. The molecule has 5 heteroatoms. The van der Waals surface area contributed by atoms with Gasteiger partial charge in [-0.3, -0.25) is 4.98 Å². The summed E-state index contributed by atoms with van der Waals surface area (Å²) < 4.78 is 22.6. The Bertz CT molecular complexity index is 622. The maximum absolute atomic E-state index is 11.3. The van der Waals surface area contributed by atoms with Crippen molar-refractivity contribution >= 4 is 30.6 Å². The van der Waals surface area contributed by atoms with Crippen molar-refractivity contribution in [1.29, 1.82) is 0 Å². The molecule has 0 saturated carbocycles. The van der Waals surface area contributed by atoms with Gasteiger partial charge < -0.3 is 0 Å². The molecule has 2 aromatic rings. The van der Waals surface area contributed by atoms with Gasteiger partial charge in [-0.25, -0.2) is 8.42 Å². The molecule has 1 aromatic heterocycles. The van der Waals surface area contributed by atoms with E-state index in [0.717, 1.165) is 5.56 Å². The lowest BCUT2D eigenvalue weighted by atomic mass is 10.2. The largest absolute Gasteiger partial charge is 0.261 e. The van der Waals surface area contributed by atoms with E-state index in [4.69, 9.17) is 10.7 Å². The van der Waals surface area contributed by atoms with Crippen LogP contribution in [0, 0.1) is 6.92 Å². The maximum Gasteiger partial charge on any atom is 0.261 e. The van der Waals surface area contributed by atoms with Crippen molar-refractivity contribution in [2.45, 2.75) is 11.8 Å². The topological polar surface area (TPSA) is 47.0 Å². The van der Waals surface area contributed by atoms with Crippen LogP contribution in [0.15, 0.2) is 35.4 Å². The van der Waals surface area contributed by atoms with Crippen LogP contribution in [0.5, 0.6) is 0 Å². The molecule has 0 aliphatic heterocycles. The summed E-state index contributed by atoms with van der Waals surface area (Å²) in [5, 5.41) is 0.563. The molecule has 0 unspecified atom stereocenters. The van der Waals surface area contributed by atoms with E-state index in [-0.39, 0.29) is 4.90 Å². The molecule has 3 nitrogen and oxygen atoms in total. The molecule has 0 atom stereocenters. The molecule has 1 aromatic carbocycles. The molecule has 78 valence electrons. The van der Waals surface area contributed by atoms with E-state index >= 15 is 0 Å². The first kappa shape index (κ1) is 10.4.